The second-order valence-corrected chi connectivity index (χ2v) is 6.12. The van der Waals surface area contributed by atoms with E-state index in [-0.39, 0.29) is 48.6 Å². The van der Waals surface area contributed by atoms with E-state index in [2.05, 4.69) is 25.8 Å². The normalized spacial score (nSPS) is 17.5. The summed E-state index contributed by atoms with van der Waals surface area (Å²) in [5.41, 5.74) is 0.788. The maximum absolute atomic E-state index is 12.4. The van der Waals surface area contributed by atoms with Gasteiger partial charge in [-0.2, -0.15) is 4.98 Å². The molecule has 2 unspecified atom stereocenters. The van der Waals surface area contributed by atoms with E-state index in [1.54, 1.807) is 12.4 Å². The predicted octanol–water partition coefficient (Wildman–Crippen LogP) is 2.40. The molecule has 0 saturated carbocycles. The van der Waals surface area contributed by atoms with Crippen molar-refractivity contribution >= 4 is 30.7 Å². The highest BCUT2D eigenvalue weighted by molar-refractivity contribution is 5.85. The molecule has 2 atom stereocenters. The lowest BCUT2D eigenvalue weighted by atomic mass is 10.0. The van der Waals surface area contributed by atoms with E-state index >= 15 is 0 Å². The monoisotopic (exact) mass is 387 g/mol. The average molecular weight is 388 g/mol. The number of hydrogen-bond acceptors (Lipinski definition) is 6. The molecule has 1 aliphatic heterocycles. The maximum Gasteiger partial charge on any atom is 0.249 e. The first-order chi connectivity index (χ1) is 11.1. The summed E-state index contributed by atoms with van der Waals surface area (Å²) in [7, 11) is 0. The third kappa shape index (κ3) is 5.14. The van der Waals surface area contributed by atoms with Crippen LogP contribution in [0, 0.1) is 11.8 Å². The number of nitrogens with zero attached hydrogens (tertiary/aromatic N) is 3. The summed E-state index contributed by atoms with van der Waals surface area (Å²) in [6.45, 7) is 5.65. The van der Waals surface area contributed by atoms with Crippen molar-refractivity contribution < 1.29 is 9.32 Å². The molecule has 0 spiro atoms. The Hall–Kier alpha value is -1.70. The molecule has 0 bridgehead atoms. The van der Waals surface area contributed by atoms with E-state index in [9.17, 15) is 4.79 Å². The summed E-state index contributed by atoms with van der Waals surface area (Å²) in [6, 6.07) is 3.40. The number of rotatable bonds is 5. The number of carbonyl (C=O) groups excluding carboxylic acids is 1. The summed E-state index contributed by atoms with van der Waals surface area (Å²) >= 11 is 0. The Bertz CT molecular complexity index is 660. The fourth-order valence-electron chi connectivity index (χ4n) is 2.64. The molecule has 138 valence electrons. The molecule has 1 amide bonds. The Labute approximate surface area is 159 Å². The molecule has 1 saturated heterocycles. The first-order valence-corrected chi connectivity index (χ1v) is 7.90. The zero-order valence-electron chi connectivity index (χ0n) is 14.1. The first-order valence-electron chi connectivity index (χ1n) is 7.90. The van der Waals surface area contributed by atoms with Gasteiger partial charge in [0.1, 0.15) is 6.04 Å². The van der Waals surface area contributed by atoms with Gasteiger partial charge >= 0.3 is 0 Å². The van der Waals surface area contributed by atoms with Crippen LogP contribution in [0.4, 0.5) is 0 Å². The number of hydrogen-bond donors (Lipinski definition) is 2. The number of pyridine rings is 1. The quantitative estimate of drug-likeness (QED) is 0.817. The van der Waals surface area contributed by atoms with E-state index in [0.717, 1.165) is 25.1 Å². The molecule has 2 aromatic rings. The van der Waals surface area contributed by atoms with Gasteiger partial charge < -0.3 is 15.2 Å². The highest BCUT2D eigenvalue weighted by Gasteiger charge is 2.29. The van der Waals surface area contributed by atoms with Crippen molar-refractivity contribution in [2.45, 2.75) is 26.3 Å². The number of carbonyl (C=O) groups is 1. The summed E-state index contributed by atoms with van der Waals surface area (Å²) < 4.78 is 5.39. The minimum Gasteiger partial charge on any atom is -0.344 e. The smallest absolute Gasteiger partial charge is 0.249 e. The van der Waals surface area contributed by atoms with Crippen molar-refractivity contribution in [3.63, 3.8) is 0 Å². The number of amides is 1. The molecule has 9 heteroatoms. The minimum absolute atomic E-state index is 0. The lowest BCUT2D eigenvalue weighted by molar-refractivity contribution is -0.125. The fraction of sp³-hybridized carbons (Fsp3) is 0.500. The highest BCUT2D eigenvalue weighted by Crippen LogP contribution is 2.24. The predicted molar refractivity (Wildman–Crippen MR) is 98.7 cm³/mol. The van der Waals surface area contributed by atoms with Crippen LogP contribution < -0.4 is 10.6 Å². The molecule has 25 heavy (non-hydrogen) atoms. The second kappa shape index (κ2) is 9.70. The van der Waals surface area contributed by atoms with Crippen molar-refractivity contribution in [3.05, 3.63) is 30.4 Å². The van der Waals surface area contributed by atoms with Crippen molar-refractivity contribution in [2.24, 2.45) is 11.8 Å². The van der Waals surface area contributed by atoms with E-state index in [4.69, 9.17) is 4.52 Å². The standard InChI is InChI=1S/C16H21N5O2.2ClH/c1-10(2)13(19-15(22)12-5-7-18-9-12)16-20-14(21-23-16)11-4-3-6-17-8-11;;/h3-4,6,8,10,12-13,18H,5,7,9H2,1-2H3,(H,19,22);2*1H. The third-order valence-corrected chi connectivity index (χ3v) is 4.02. The van der Waals surface area contributed by atoms with Crippen LogP contribution in [-0.2, 0) is 4.79 Å². The minimum atomic E-state index is -0.291. The maximum atomic E-state index is 12.4. The molecule has 7 nitrogen and oxygen atoms in total. The van der Waals surface area contributed by atoms with Crippen LogP contribution in [0.15, 0.2) is 29.0 Å². The fourth-order valence-corrected chi connectivity index (χ4v) is 2.64. The van der Waals surface area contributed by atoms with Crippen LogP contribution in [0.1, 0.15) is 32.2 Å². The van der Waals surface area contributed by atoms with Crippen LogP contribution in [0.5, 0.6) is 0 Å². The molecular formula is C16H23Cl2N5O2. The summed E-state index contributed by atoms with van der Waals surface area (Å²) in [6.07, 6.45) is 4.24. The van der Waals surface area contributed by atoms with Gasteiger partial charge in [0, 0.05) is 24.5 Å². The van der Waals surface area contributed by atoms with Gasteiger partial charge in [0.15, 0.2) is 0 Å². The molecule has 0 aromatic carbocycles. The van der Waals surface area contributed by atoms with Crippen LogP contribution in [0.25, 0.3) is 11.4 Å². The van der Waals surface area contributed by atoms with Crippen LogP contribution in [-0.4, -0.2) is 34.1 Å². The van der Waals surface area contributed by atoms with Crippen LogP contribution >= 0.6 is 24.8 Å². The molecular weight excluding hydrogens is 365 g/mol. The highest BCUT2D eigenvalue weighted by atomic mass is 35.5. The van der Waals surface area contributed by atoms with Crippen molar-refractivity contribution in [2.75, 3.05) is 13.1 Å². The van der Waals surface area contributed by atoms with E-state index in [0.29, 0.717) is 11.7 Å². The van der Waals surface area contributed by atoms with Gasteiger partial charge in [-0.15, -0.1) is 24.8 Å². The lowest BCUT2D eigenvalue weighted by Gasteiger charge is -2.20. The van der Waals surface area contributed by atoms with Crippen molar-refractivity contribution in [1.82, 2.24) is 25.8 Å². The Balaban J connectivity index is 0.00000156. The largest absolute Gasteiger partial charge is 0.344 e. The van der Waals surface area contributed by atoms with Gasteiger partial charge in [0.05, 0.1) is 5.92 Å². The molecule has 2 N–H and O–H groups in total. The lowest BCUT2D eigenvalue weighted by Crippen LogP contribution is -2.37. The zero-order chi connectivity index (χ0) is 16.2. The topological polar surface area (TPSA) is 92.9 Å². The average Bonchev–Trinajstić information content (AvgIpc) is 3.24. The Morgan fingerprint density at radius 1 is 1.40 bits per heavy atom. The number of halogens is 2. The summed E-state index contributed by atoms with van der Waals surface area (Å²) in [4.78, 5) is 20.8. The molecule has 2 aromatic heterocycles. The number of nitrogens with one attached hydrogen (secondary N) is 2. The van der Waals surface area contributed by atoms with Crippen molar-refractivity contribution in [3.8, 4) is 11.4 Å². The Morgan fingerprint density at radius 3 is 2.80 bits per heavy atom. The Kier molecular flexibility index (Phi) is 8.28. The van der Waals surface area contributed by atoms with E-state index in [1.807, 2.05) is 26.0 Å². The first kappa shape index (κ1) is 21.3. The SMILES string of the molecule is CC(C)C(NC(=O)C1CCNC1)c1nc(-c2cccnc2)no1.Cl.Cl. The third-order valence-electron chi connectivity index (χ3n) is 4.02. The summed E-state index contributed by atoms with van der Waals surface area (Å²) in [5.74, 6) is 1.11. The van der Waals surface area contributed by atoms with E-state index < -0.39 is 0 Å². The van der Waals surface area contributed by atoms with E-state index in [1.165, 1.54) is 0 Å². The number of aromatic nitrogens is 3. The van der Waals surface area contributed by atoms with Crippen molar-refractivity contribution in [1.29, 1.82) is 0 Å². The molecule has 3 rings (SSSR count). The second-order valence-electron chi connectivity index (χ2n) is 6.12. The van der Waals surface area contributed by atoms with Gasteiger partial charge in [-0.3, -0.25) is 9.78 Å². The molecule has 1 fully saturated rings. The van der Waals surface area contributed by atoms with Crippen LogP contribution in [0.2, 0.25) is 0 Å². The molecule has 3 heterocycles. The molecule has 0 aliphatic carbocycles. The zero-order valence-corrected chi connectivity index (χ0v) is 15.8. The molecule has 0 radical (unpaired) electrons. The van der Waals surface area contributed by atoms with Gasteiger partial charge in [-0.25, -0.2) is 0 Å². The van der Waals surface area contributed by atoms with Gasteiger partial charge in [-0.05, 0) is 31.0 Å². The van der Waals surface area contributed by atoms with Gasteiger partial charge in [0.2, 0.25) is 17.6 Å². The molecule has 1 aliphatic rings. The summed E-state index contributed by atoms with van der Waals surface area (Å²) in [5, 5.41) is 10.3. The Morgan fingerprint density at radius 2 is 2.20 bits per heavy atom. The van der Waals surface area contributed by atoms with Gasteiger partial charge in [-0.1, -0.05) is 19.0 Å². The van der Waals surface area contributed by atoms with Gasteiger partial charge in [0.25, 0.3) is 0 Å². The van der Waals surface area contributed by atoms with Crippen LogP contribution in [0.3, 0.4) is 0 Å².